The molecule has 0 unspecified atom stereocenters. The molecule has 0 aliphatic carbocycles. The normalized spacial score (nSPS) is 21.0. The number of rotatable bonds is 7. The zero-order chi connectivity index (χ0) is 18.5. The maximum absolute atomic E-state index is 12.2. The van der Waals surface area contributed by atoms with Crippen LogP contribution in [0.4, 0.5) is 0 Å². The van der Waals surface area contributed by atoms with Gasteiger partial charge in [-0.15, -0.1) is 16.4 Å². The molecule has 1 N–H and O–H groups in total. The smallest absolute Gasteiger partial charge is 0.241 e. The van der Waals surface area contributed by atoms with E-state index in [9.17, 15) is 4.79 Å². The quantitative estimate of drug-likeness (QED) is 0.744. The fourth-order valence-corrected chi connectivity index (χ4v) is 3.93. The highest BCUT2D eigenvalue weighted by Gasteiger charge is 2.24. The number of thiazole rings is 1. The number of morpholine rings is 1. The number of carbonyl (C=O) groups excluding carboxylic acids is 1. The number of nitrogens with zero attached hydrogens (tertiary/aromatic N) is 6. The van der Waals surface area contributed by atoms with Crippen LogP contribution in [0.15, 0.2) is 5.51 Å². The number of aryl methyl sites for hydroxylation is 1. The zero-order valence-electron chi connectivity index (χ0n) is 15.4. The third kappa shape index (κ3) is 5.05. The number of amides is 1. The summed E-state index contributed by atoms with van der Waals surface area (Å²) in [6.07, 6.45) is 1.15. The SMILES string of the molecule is Cc1ncsc1CCNC(=O)Cn1nnnc1CN1C[C@@H](C)O[C@@H](C)C1. The van der Waals surface area contributed by atoms with E-state index in [1.807, 2.05) is 12.4 Å². The van der Waals surface area contributed by atoms with Gasteiger partial charge in [-0.3, -0.25) is 9.69 Å². The van der Waals surface area contributed by atoms with E-state index in [0.29, 0.717) is 18.9 Å². The predicted octanol–water partition coefficient (Wildman–Crippen LogP) is 0.406. The molecule has 1 aliphatic heterocycles. The Morgan fingerprint density at radius 2 is 2.15 bits per heavy atom. The summed E-state index contributed by atoms with van der Waals surface area (Å²) in [5.74, 6) is 0.601. The van der Waals surface area contributed by atoms with Crippen molar-refractivity contribution < 1.29 is 9.53 Å². The Balaban J connectivity index is 1.48. The first-order valence-corrected chi connectivity index (χ1v) is 9.67. The largest absolute Gasteiger partial charge is 0.373 e. The van der Waals surface area contributed by atoms with Crippen molar-refractivity contribution in [2.45, 2.75) is 52.5 Å². The van der Waals surface area contributed by atoms with Crippen molar-refractivity contribution in [2.24, 2.45) is 0 Å². The second kappa shape index (κ2) is 8.65. The molecule has 1 aliphatic rings. The molecule has 2 aromatic heterocycles. The highest BCUT2D eigenvalue weighted by atomic mass is 32.1. The van der Waals surface area contributed by atoms with Gasteiger partial charge in [-0.05, 0) is 31.2 Å². The van der Waals surface area contributed by atoms with Gasteiger partial charge in [-0.1, -0.05) is 0 Å². The summed E-state index contributed by atoms with van der Waals surface area (Å²) < 4.78 is 7.31. The van der Waals surface area contributed by atoms with E-state index < -0.39 is 0 Å². The van der Waals surface area contributed by atoms with Crippen LogP contribution in [0.1, 0.15) is 30.2 Å². The lowest BCUT2D eigenvalue weighted by molar-refractivity contribution is -0.121. The predicted molar refractivity (Wildman–Crippen MR) is 96.7 cm³/mol. The van der Waals surface area contributed by atoms with E-state index in [0.717, 1.165) is 25.2 Å². The Morgan fingerprint density at radius 1 is 1.38 bits per heavy atom. The van der Waals surface area contributed by atoms with Gasteiger partial charge in [0.2, 0.25) is 5.91 Å². The van der Waals surface area contributed by atoms with Crippen LogP contribution in [0.2, 0.25) is 0 Å². The summed E-state index contributed by atoms with van der Waals surface area (Å²) in [7, 11) is 0. The first-order chi connectivity index (χ1) is 12.5. The van der Waals surface area contributed by atoms with Crippen LogP contribution in [0.25, 0.3) is 0 Å². The maximum Gasteiger partial charge on any atom is 0.241 e. The summed E-state index contributed by atoms with van der Waals surface area (Å²) in [5.41, 5.74) is 2.86. The molecular weight excluding hydrogens is 354 g/mol. The first kappa shape index (κ1) is 18.9. The molecule has 1 amide bonds. The van der Waals surface area contributed by atoms with Crippen molar-refractivity contribution in [3.8, 4) is 0 Å². The highest BCUT2D eigenvalue weighted by Crippen LogP contribution is 2.13. The number of tetrazole rings is 1. The number of hydrogen-bond acceptors (Lipinski definition) is 8. The van der Waals surface area contributed by atoms with Gasteiger partial charge in [0, 0.05) is 30.9 Å². The van der Waals surface area contributed by atoms with E-state index in [-0.39, 0.29) is 24.7 Å². The molecule has 0 bridgehead atoms. The minimum absolute atomic E-state index is 0.0931. The molecule has 0 saturated carbocycles. The van der Waals surface area contributed by atoms with Crippen LogP contribution in [0.5, 0.6) is 0 Å². The van der Waals surface area contributed by atoms with Crippen LogP contribution in [-0.2, 0) is 29.0 Å². The standard InChI is InChI=1S/C16H25N7O2S/c1-11-6-22(7-12(2)25-11)8-15-19-20-21-23(15)9-16(24)17-5-4-14-13(3)18-10-26-14/h10-12H,4-9H2,1-3H3,(H,17,24)/t11-,12+. The summed E-state index contributed by atoms with van der Waals surface area (Å²) in [4.78, 5) is 19.9. The van der Waals surface area contributed by atoms with Crippen LogP contribution in [-0.4, -0.2) is 67.8 Å². The van der Waals surface area contributed by atoms with E-state index in [1.54, 1.807) is 16.0 Å². The van der Waals surface area contributed by atoms with E-state index in [2.05, 4.69) is 44.6 Å². The third-order valence-electron chi connectivity index (χ3n) is 4.28. The van der Waals surface area contributed by atoms with Crippen molar-refractivity contribution in [1.29, 1.82) is 0 Å². The van der Waals surface area contributed by atoms with Crippen molar-refractivity contribution in [2.75, 3.05) is 19.6 Å². The monoisotopic (exact) mass is 379 g/mol. The van der Waals surface area contributed by atoms with Crippen molar-refractivity contribution >= 4 is 17.2 Å². The molecule has 26 heavy (non-hydrogen) atoms. The minimum atomic E-state index is -0.0931. The summed E-state index contributed by atoms with van der Waals surface area (Å²) >= 11 is 1.61. The molecule has 9 nitrogen and oxygen atoms in total. The van der Waals surface area contributed by atoms with Crippen LogP contribution in [0, 0.1) is 6.92 Å². The summed E-state index contributed by atoms with van der Waals surface area (Å²) in [6, 6.07) is 0. The van der Waals surface area contributed by atoms with Gasteiger partial charge in [0.15, 0.2) is 5.82 Å². The average molecular weight is 379 g/mol. The number of ether oxygens (including phenoxy) is 1. The van der Waals surface area contributed by atoms with Gasteiger partial charge < -0.3 is 10.1 Å². The molecular formula is C16H25N7O2S. The molecule has 0 spiro atoms. The third-order valence-corrected chi connectivity index (χ3v) is 5.27. The molecule has 2 atom stereocenters. The Hall–Kier alpha value is -1.91. The lowest BCUT2D eigenvalue weighted by Gasteiger charge is -2.34. The van der Waals surface area contributed by atoms with Crippen LogP contribution < -0.4 is 5.32 Å². The fourth-order valence-electron chi connectivity index (χ4n) is 3.15. The molecule has 10 heteroatoms. The highest BCUT2D eigenvalue weighted by molar-refractivity contribution is 7.09. The van der Waals surface area contributed by atoms with E-state index in [4.69, 9.17) is 4.74 Å². The average Bonchev–Trinajstić information content (AvgIpc) is 3.16. The van der Waals surface area contributed by atoms with Crippen molar-refractivity contribution in [3.05, 3.63) is 21.9 Å². The number of aromatic nitrogens is 5. The summed E-state index contributed by atoms with van der Waals surface area (Å²) in [6.45, 7) is 9.08. The van der Waals surface area contributed by atoms with Gasteiger partial charge in [-0.25, -0.2) is 9.67 Å². The van der Waals surface area contributed by atoms with Gasteiger partial charge in [0.05, 0.1) is 30.0 Å². The molecule has 3 heterocycles. The topological polar surface area (TPSA) is 98.1 Å². The Kier molecular flexibility index (Phi) is 6.28. The van der Waals surface area contributed by atoms with Gasteiger partial charge >= 0.3 is 0 Å². The maximum atomic E-state index is 12.2. The number of carbonyl (C=O) groups is 1. The van der Waals surface area contributed by atoms with Gasteiger partial charge in [-0.2, -0.15) is 0 Å². The van der Waals surface area contributed by atoms with Crippen molar-refractivity contribution in [1.82, 2.24) is 35.4 Å². The lowest BCUT2D eigenvalue weighted by atomic mass is 10.2. The molecule has 0 aromatic carbocycles. The molecule has 142 valence electrons. The second-order valence-corrected chi connectivity index (χ2v) is 7.60. The fraction of sp³-hybridized carbons (Fsp3) is 0.688. The molecule has 3 rings (SSSR count). The molecule has 1 saturated heterocycles. The first-order valence-electron chi connectivity index (χ1n) is 8.79. The van der Waals surface area contributed by atoms with Crippen LogP contribution >= 0.6 is 11.3 Å². The minimum Gasteiger partial charge on any atom is -0.373 e. The lowest BCUT2D eigenvalue weighted by Crippen LogP contribution is -2.45. The van der Waals surface area contributed by atoms with Gasteiger partial charge in [0.25, 0.3) is 0 Å². The Bertz CT molecular complexity index is 722. The van der Waals surface area contributed by atoms with E-state index in [1.165, 1.54) is 4.88 Å². The Labute approximate surface area is 156 Å². The second-order valence-electron chi connectivity index (χ2n) is 6.67. The van der Waals surface area contributed by atoms with Gasteiger partial charge in [0.1, 0.15) is 6.54 Å². The molecule has 0 radical (unpaired) electrons. The summed E-state index contributed by atoms with van der Waals surface area (Å²) in [5, 5.41) is 14.7. The van der Waals surface area contributed by atoms with Crippen molar-refractivity contribution in [3.63, 3.8) is 0 Å². The zero-order valence-corrected chi connectivity index (χ0v) is 16.2. The Morgan fingerprint density at radius 3 is 2.85 bits per heavy atom. The number of hydrogen-bond donors (Lipinski definition) is 1. The molecule has 1 fully saturated rings. The van der Waals surface area contributed by atoms with Crippen LogP contribution in [0.3, 0.4) is 0 Å². The van der Waals surface area contributed by atoms with E-state index >= 15 is 0 Å². The molecule has 2 aromatic rings. The number of nitrogens with one attached hydrogen (secondary N) is 1.